The lowest BCUT2D eigenvalue weighted by molar-refractivity contribution is 0.179. The summed E-state index contributed by atoms with van der Waals surface area (Å²) in [6.07, 6.45) is 0. The Kier molecular flexibility index (Phi) is 5.48. The third-order valence-corrected chi connectivity index (χ3v) is 6.54. The Labute approximate surface area is 153 Å². The normalized spacial score (nSPS) is 17.1. The summed E-state index contributed by atoms with van der Waals surface area (Å²) in [5.41, 5.74) is 1.72. The van der Waals surface area contributed by atoms with Gasteiger partial charge in [-0.1, -0.05) is 17.7 Å². The fraction of sp³-hybridized carbons (Fsp3) is 0.471. The first-order valence-electron chi connectivity index (χ1n) is 8.31. The van der Waals surface area contributed by atoms with Crippen LogP contribution in [0.3, 0.4) is 0 Å². The van der Waals surface area contributed by atoms with Crippen molar-refractivity contribution in [2.24, 2.45) is 0 Å². The van der Waals surface area contributed by atoms with Gasteiger partial charge in [-0.05, 0) is 32.0 Å². The van der Waals surface area contributed by atoms with E-state index in [4.69, 9.17) is 16.0 Å². The van der Waals surface area contributed by atoms with Gasteiger partial charge in [-0.3, -0.25) is 4.90 Å². The molecule has 2 heterocycles. The van der Waals surface area contributed by atoms with Gasteiger partial charge in [0.25, 0.3) is 0 Å². The van der Waals surface area contributed by atoms with Crippen LogP contribution in [0.15, 0.2) is 28.7 Å². The fourth-order valence-electron chi connectivity index (χ4n) is 2.88. The number of sulfonamides is 1. The van der Waals surface area contributed by atoms with E-state index >= 15 is 0 Å². The molecule has 0 bridgehead atoms. The molecule has 0 N–H and O–H groups in total. The summed E-state index contributed by atoms with van der Waals surface area (Å²) >= 11 is 6.03. The van der Waals surface area contributed by atoms with Crippen LogP contribution in [0.25, 0.3) is 11.5 Å². The van der Waals surface area contributed by atoms with Crippen LogP contribution in [0.5, 0.6) is 0 Å². The number of rotatable bonds is 5. The van der Waals surface area contributed by atoms with Crippen molar-refractivity contribution < 1.29 is 12.8 Å². The smallest absolute Gasteiger partial charge is 0.226 e. The van der Waals surface area contributed by atoms with E-state index in [2.05, 4.69) is 9.88 Å². The lowest BCUT2D eigenvalue weighted by atomic mass is 10.2. The van der Waals surface area contributed by atoms with Gasteiger partial charge < -0.3 is 4.42 Å². The summed E-state index contributed by atoms with van der Waals surface area (Å²) in [5, 5.41) is 0.642. The Morgan fingerprint density at radius 3 is 2.60 bits per heavy atom. The van der Waals surface area contributed by atoms with E-state index in [0.717, 1.165) is 17.0 Å². The van der Waals surface area contributed by atoms with Crippen molar-refractivity contribution >= 4 is 21.6 Å². The van der Waals surface area contributed by atoms with E-state index in [9.17, 15) is 8.42 Å². The number of piperazine rings is 1. The third-order valence-electron chi connectivity index (χ3n) is 4.43. The molecule has 0 saturated carbocycles. The second kappa shape index (κ2) is 7.45. The van der Waals surface area contributed by atoms with Gasteiger partial charge in [-0.15, -0.1) is 0 Å². The Morgan fingerprint density at radius 1 is 1.24 bits per heavy atom. The highest BCUT2D eigenvalue weighted by Gasteiger charge is 2.26. The summed E-state index contributed by atoms with van der Waals surface area (Å²) in [6.45, 7) is 6.65. The molecule has 8 heteroatoms. The highest BCUT2D eigenvalue weighted by Crippen LogP contribution is 2.25. The zero-order valence-electron chi connectivity index (χ0n) is 14.4. The molecule has 1 aliphatic heterocycles. The number of benzene rings is 1. The van der Waals surface area contributed by atoms with Gasteiger partial charge in [-0.2, -0.15) is 4.31 Å². The van der Waals surface area contributed by atoms with Crippen LogP contribution in [0.2, 0.25) is 5.02 Å². The van der Waals surface area contributed by atoms with E-state index < -0.39 is 10.0 Å². The molecule has 0 unspecified atom stereocenters. The number of aromatic nitrogens is 1. The molecule has 136 valence electrons. The Morgan fingerprint density at radius 2 is 1.96 bits per heavy atom. The highest BCUT2D eigenvalue weighted by molar-refractivity contribution is 7.89. The van der Waals surface area contributed by atoms with Gasteiger partial charge in [-0.25, -0.2) is 13.4 Å². The van der Waals surface area contributed by atoms with Crippen molar-refractivity contribution in [2.45, 2.75) is 20.4 Å². The lowest BCUT2D eigenvalue weighted by Gasteiger charge is -2.33. The molecular weight excluding hydrogens is 362 g/mol. The monoisotopic (exact) mass is 383 g/mol. The molecule has 1 aromatic carbocycles. The number of halogens is 1. The van der Waals surface area contributed by atoms with Gasteiger partial charge in [0.15, 0.2) is 0 Å². The minimum atomic E-state index is -3.10. The zero-order chi connectivity index (χ0) is 18.0. The molecule has 0 amide bonds. The van der Waals surface area contributed by atoms with Crippen molar-refractivity contribution in [1.29, 1.82) is 0 Å². The van der Waals surface area contributed by atoms with E-state index in [1.807, 2.05) is 31.2 Å². The number of hydrogen-bond donors (Lipinski definition) is 0. The van der Waals surface area contributed by atoms with Crippen molar-refractivity contribution in [2.75, 3.05) is 31.9 Å². The summed E-state index contributed by atoms with van der Waals surface area (Å²) in [4.78, 5) is 6.80. The molecule has 0 spiro atoms. The number of aryl methyl sites for hydroxylation is 1. The molecule has 25 heavy (non-hydrogen) atoms. The van der Waals surface area contributed by atoms with Crippen LogP contribution < -0.4 is 0 Å². The van der Waals surface area contributed by atoms with Crippen molar-refractivity contribution in [3.63, 3.8) is 0 Å². The molecule has 1 aliphatic rings. The van der Waals surface area contributed by atoms with Crippen LogP contribution in [-0.4, -0.2) is 54.5 Å². The summed E-state index contributed by atoms with van der Waals surface area (Å²) < 4.78 is 31.2. The fourth-order valence-corrected chi connectivity index (χ4v) is 4.15. The number of hydrogen-bond acceptors (Lipinski definition) is 5. The third kappa shape index (κ3) is 4.23. The average Bonchev–Trinajstić information content (AvgIpc) is 2.96. The maximum Gasteiger partial charge on any atom is 0.226 e. The second-order valence-corrected chi connectivity index (χ2v) is 8.80. The van der Waals surface area contributed by atoms with Crippen molar-refractivity contribution in [3.8, 4) is 11.5 Å². The van der Waals surface area contributed by atoms with Crippen LogP contribution in [-0.2, 0) is 16.6 Å². The zero-order valence-corrected chi connectivity index (χ0v) is 16.0. The van der Waals surface area contributed by atoms with Gasteiger partial charge in [0.1, 0.15) is 5.76 Å². The summed E-state index contributed by atoms with van der Waals surface area (Å²) in [6, 6.07) is 7.41. The lowest BCUT2D eigenvalue weighted by Crippen LogP contribution is -2.48. The van der Waals surface area contributed by atoms with Crippen LogP contribution in [0, 0.1) is 6.92 Å². The largest absolute Gasteiger partial charge is 0.441 e. The van der Waals surface area contributed by atoms with Gasteiger partial charge >= 0.3 is 0 Å². The van der Waals surface area contributed by atoms with Gasteiger partial charge in [0.05, 0.1) is 11.4 Å². The molecule has 0 aliphatic carbocycles. The predicted octanol–water partition coefficient (Wildman–Crippen LogP) is 2.77. The SMILES string of the molecule is CCS(=O)(=O)N1CCN(Cc2nc(-c3cccc(Cl)c3)oc2C)CC1. The van der Waals surface area contributed by atoms with E-state index in [-0.39, 0.29) is 5.75 Å². The second-order valence-electron chi connectivity index (χ2n) is 6.11. The maximum absolute atomic E-state index is 11.9. The molecule has 1 saturated heterocycles. The molecule has 3 rings (SSSR count). The van der Waals surface area contributed by atoms with E-state index in [0.29, 0.717) is 43.6 Å². The van der Waals surface area contributed by atoms with Crippen LogP contribution in [0.1, 0.15) is 18.4 Å². The maximum atomic E-state index is 11.9. The Balaban J connectivity index is 1.67. The standard InChI is InChI=1S/C17H22ClN3O3S/c1-3-25(22,23)21-9-7-20(8-10-21)12-16-13(2)24-17(19-16)14-5-4-6-15(18)11-14/h4-6,11H,3,7-10,12H2,1-2H3. The summed E-state index contributed by atoms with van der Waals surface area (Å²) in [7, 11) is -3.10. The minimum absolute atomic E-state index is 0.151. The first kappa shape index (κ1) is 18.4. The molecule has 1 aromatic heterocycles. The molecule has 1 fully saturated rings. The molecule has 0 atom stereocenters. The molecule has 6 nitrogen and oxygen atoms in total. The number of oxazole rings is 1. The Bertz CT molecular complexity index is 843. The highest BCUT2D eigenvalue weighted by atomic mass is 35.5. The van der Waals surface area contributed by atoms with Crippen LogP contribution in [0.4, 0.5) is 0 Å². The molecule has 0 radical (unpaired) electrons. The quantitative estimate of drug-likeness (QED) is 0.794. The van der Waals surface area contributed by atoms with E-state index in [1.54, 1.807) is 11.2 Å². The minimum Gasteiger partial charge on any atom is -0.441 e. The van der Waals surface area contributed by atoms with Crippen molar-refractivity contribution in [1.82, 2.24) is 14.2 Å². The van der Waals surface area contributed by atoms with Gasteiger partial charge in [0.2, 0.25) is 15.9 Å². The summed E-state index contributed by atoms with van der Waals surface area (Å²) in [5.74, 6) is 1.49. The average molecular weight is 384 g/mol. The number of nitrogens with zero attached hydrogens (tertiary/aromatic N) is 3. The Hall–Kier alpha value is -1.41. The van der Waals surface area contributed by atoms with Gasteiger partial charge in [0, 0.05) is 43.3 Å². The van der Waals surface area contributed by atoms with Crippen LogP contribution >= 0.6 is 11.6 Å². The molecule has 2 aromatic rings. The first-order chi connectivity index (χ1) is 11.9. The molecular formula is C17H22ClN3O3S. The predicted molar refractivity (Wildman–Crippen MR) is 98.0 cm³/mol. The van der Waals surface area contributed by atoms with E-state index in [1.165, 1.54) is 0 Å². The topological polar surface area (TPSA) is 66.7 Å². The first-order valence-corrected chi connectivity index (χ1v) is 10.3. The van der Waals surface area contributed by atoms with Crippen molar-refractivity contribution in [3.05, 3.63) is 40.7 Å².